The minimum absolute atomic E-state index is 0.0165. The molecule has 22 heavy (non-hydrogen) atoms. The van der Waals surface area contributed by atoms with Gasteiger partial charge >= 0.3 is 0 Å². The summed E-state index contributed by atoms with van der Waals surface area (Å²) in [5, 5.41) is 12.3. The van der Waals surface area contributed by atoms with Gasteiger partial charge in [-0.1, -0.05) is 18.2 Å². The molecule has 1 unspecified atom stereocenters. The second kappa shape index (κ2) is 7.51. The van der Waals surface area contributed by atoms with Gasteiger partial charge in [0.05, 0.1) is 0 Å². The molecule has 1 atom stereocenters. The second-order valence-electron chi connectivity index (χ2n) is 4.62. The molecule has 116 valence electrons. The number of rotatable bonds is 6. The molecule has 2 N–H and O–H groups in total. The summed E-state index contributed by atoms with van der Waals surface area (Å²) in [4.78, 5) is 11.8. The van der Waals surface area contributed by atoms with Gasteiger partial charge in [-0.2, -0.15) is 0 Å². The Morgan fingerprint density at radius 2 is 1.86 bits per heavy atom. The van der Waals surface area contributed by atoms with Crippen molar-refractivity contribution >= 4 is 5.91 Å². The predicted octanol–water partition coefficient (Wildman–Crippen LogP) is 2.13. The molecule has 0 saturated heterocycles. The Bertz CT molecular complexity index is 635. The molecule has 0 fully saturated rings. The van der Waals surface area contributed by atoms with Crippen LogP contribution in [0.2, 0.25) is 0 Å². The molecule has 0 saturated carbocycles. The Morgan fingerprint density at radius 3 is 2.55 bits per heavy atom. The van der Waals surface area contributed by atoms with Gasteiger partial charge in [-0.15, -0.1) is 0 Å². The number of hydrogen-bond acceptors (Lipinski definition) is 3. The first kappa shape index (κ1) is 15.9. The zero-order valence-electron chi connectivity index (χ0n) is 11.6. The molecule has 2 aromatic carbocycles. The molecule has 2 rings (SSSR count). The minimum atomic E-state index is -1.02. The van der Waals surface area contributed by atoms with Gasteiger partial charge in [0, 0.05) is 18.2 Å². The molecule has 0 aliphatic rings. The van der Waals surface area contributed by atoms with Crippen LogP contribution in [0.15, 0.2) is 48.5 Å². The van der Waals surface area contributed by atoms with Crippen LogP contribution in [-0.4, -0.2) is 30.3 Å². The lowest BCUT2D eigenvalue weighted by Crippen LogP contribution is -2.35. The number of aliphatic hydroxyl groups excluding tert-OH is 1. The van der Waals surface area contributed by atoms with Crippen molar-refractivity contribution in [3.05, 3.63) is 65.7 Å². The number of amides is 1. The van der Waals surface area contributed by atoms with E-state index in [1.54, 1.807) is 30.3 Å². The number of nitrogens with one attached hydrogen (secondary N) is 1. The van der Waals surface area contributed by atoms with E-state index < -0.39 is 17.7 Å². The normalized spacial score (nSPS) is 11.8. The van der Waals surface area contributed by atoms with Gasteiger partial charge in [0.1, 0.15) is 18.5 Å². The standard InChI is InChI=1S/C16H15F2NO3/c17-14-7-6-13(8-15(14)18)22-10-12(20)9-19-16(21)11-4-2-1-3-5-11/h1-8,12,20H,9-10H2,(H,19,21). The predicted molar refractivity (Wildman–Crippen MR) is 76.6 cm³/mol. The van der Waals surface area contributed by atoms with E-state index in [9.17, 15) is 18.7 Å². The summed E-state index contributed by atoms with van der Waals surface area (Å²) in [6.45, 7) is -0.169. The lowest BCUT2D eigenvalue weighted by molar-refractivity contribution is 0.0843. The highest BCUT2D eigenvalue weighted by Crippen LogP contribution is 2.15. The number of ether oxygens (including phenoxy) is 1. The van der Waals surface area contributed by atoms with E-state index in [1.165, 1.54) is 6.07 Å². The SMILES string of the molecule is O=C(NCC(O)COc1ccc(F)c(F)c1)c1ccccc1. The lowest BCUT2D eigenvalue weighted by Gasteiger charge is -2.13. The number of halogens is 2. The molecule has 0 radical (unpaired) electrons. The Morgan fingerprint density at radius 1 is 1.14 bits per heavy atom. The molecule has 6 heteroatoms. The number of hydrogen-bond donors (Lipinski definition) is 2. The number of benzene rings is 2. The summed E-state index contributed by atoms with van der Waals surface area (Å²) in [5.74, 6) is -2.20. The van der Waals surface area contributed by atoms with Crippen molar-refractivity contribution in [3.63, 3.8) is 0 Å². The molecule has 1 amide bonds. The number of carbonyl (C=O) groups excluding carboxylic acids is 1. The van der Waals surface area contributed by atoms with Gasteiger partial charge in [0.15, 0.2) is 11.6 Å². The van der Waals surface area contributed by atoms with Crippen molar-refractivity contribution in [3.8, 4) is 5.75 Å². The Hall–Kier alpha value is -2.47. The van der Waals surface area contributed by atoms with Crippen molar-refractivity contribution in [2.75, 3.05) is 13.2 Å². The Kier molecular flexibility index (Phi) is 5.43. The molecule has 0 aromatic heterocycles. The first-order valence-electron chi connectivity index (χ1n) is 6.65. The summed E-state index contributed by atoms with van der Waals surface area (Å²) < 4.78 is 30.8. The largest absolute Gasteiger partial charge is 0.491 e. The monoisotopic (exact) mass is 307 g/mol. The van der Waals surface area contributed by atoms with Gasteiger partial charge in [0.25, 0.3) is 5.91 Å². The van der Waals surface area contributed by atoms with Gasteiger partial charge in [-0.05, 0) is 24.3 Å². The van der Waals surface area contributed by atoms with Crippen LogP contribution in [0.1, 0.15) is 10.4 Å². The Labute approximate surface area is 126 Å². The van der Waals surface area contributed by atoms with Crippen LogP contribution in [0.25, 0.3) is 0 Å². The zero-order valence-corrected chi connectivity index (χ0v) is 11.6. The third-order valence-corrected chi connectivity index (χ3v) is 2.87. The van der Waals surface area contributed by atoms with E-state index in [4.69, 9.17) is 4.74 Å². The van der Waals surface area contributed by atoms with Gasteiger partial charge in [-0.25, -0.2) is 8.78 Å². The van der Waals surface area contributed by atoms with Crippen LogP contribution in [0.3, 0.4) is 0 Å². The van der Waals surface area contributed by atoms with Crippen molar-refractivity contribution in [2.24, 2.45) is 0 Å². The summed E-state index contributed by atoms with van der Waals surface area (Å²) in [5.41, 5.74) is 0.483. The topological polar surface area (TPSA) is 58.6 Å². The summed E-state index contributed by atoms with van der Waals surface area (Å²) >= 11 is 0. The average Bonchev–Trinajstić information content (AvgIpc) is 2.54. The van der Waals surface area contributed by atoms with Crippen molar-refractivity contribution in [2.45, 2.75) is 6.10 Å². The third-order valence-electron chi connectivity index (χ3n) is 2.87. The van der Waals surface area contributed by atoms with Gasteiger partial charge in [-0.3, -0.25) is 4.79 Å². The Balaban J connectivity index is 1.77. The van der Waals surface area contributed by atoms with Crippen LogP contribution >= 0.6 is 0 Å². The van der Waals surface area contributed by atoms with E-state index in [0.717, 1.165) is 12.1 Å². The molecule has 0 spiro atoms. The van der Waals surface area contributed by atoms with Crippen LogP contribution in [0.5, 0.6) is 5.75 Å². The first-order valence-corrected chi connectivity index (χ1v) is 6.65. The van der Waals surface area contributed by atoms with Crippen molar-refractivity contribution in [1.82, 2.24) is 5.32 Å². The van der Waals surface area contributed by atoms with Crippen LogP contribution in [0.4, 0.5) is 8.78 Å². The van der Waals surface area contributed by atoms with Crippen molar-refractivity contribution in [1.29, 1.82) is 0 Å². The molecule has 4 nitrogen and oxygen atoms in total. The van der Waals surface area contributed by atoms with Crippen LogP contribution < -0.4 is 10.1 Å². The van der Waals surface area contributed by atoms with Crippen molar-refractivity contribution < 1.29 is 23.4 Å². The highest BCUT2D eigenvalue weighted by molar-refractivity contribution is 5.94. The summed E-state index contributed by atoms with van der Waals surface area (Å²) in [6, 6.07) is 11.7. The van der Waals surface area contributed by atoms with E-state index >= 15 is 0 Å². The van der Waals surface area contributed by atoms with Crippen LogP contribution in [-0.2, 0) is 0 Å². The maximum Gasteiger partial charge on any atom is 0.251 e. The molecule has 0 heterocycles. The van der Waals surface area contributed by atoms with E-state index in [2.05, 4.69) is 5.32 Å². The zero-order chi connectivity index (χ0) is 15.9. The number of carbonyl (C=O) groups is 1. The van der Waals surface area contributed by atoms with Crippen LogP contribution in [0, 0.1) is 11.6 Å². The molecule has 0 aliphatic carbocycles. The quantitative estimate of drug-likeness (QED) is 0.859. The lowest BCUT2D eigenvalue weighted by atomic mass is 10.2. The maximum absolute atomic E-state index is 13.0. The smallest absolute Gasteiger partial charge is 0.251 e. The molecule has 2 aromatic rings. The molecule has 0 aliphatic heterocycles. The maximum atomic E-state index is 13.0. The molecular weight excluding hydrogens is 292 g/mol. The fourth-order valence-electron chi connectivity index (χ4n) is 1.72. The summed E-state index contributed by atoms with van der Waals surface area (Å²) in [7, 11) is 0. The molecular formula is C16H15F2NO3. The fourth-order valence-corrected chi connectivity index (χ4v) is 1.72. The third kappa shape index (κ3) is 4.53. The minimum Gasteiger partial charge on any atom is -0.491 e. The van der Waals surface area contributed by atoms with Gasteiger partial charge < -0.3 is 15.2 Å². The van der Waals surface area contributed by atoms with E-state index in [0.29, 0.717) is 5.56 Å². The van der Waals surface area contributed by atoms with E-state index in [1.807, 2.05) is 0 Å². The first-order chi connectivity index (χ1) is 10.6. The summed E-state index contributed by atoms with van der Waals surface area (Å²) in [6.07, 6.45) is -0.972. The highest BCUT2D eigenvalue weighted by Gasteiger charge is 2.10. The average molecular weight is 307 g/mol. The highest BCUT2D eigenvalue weighted by atomic mass is 19.2. The molecule has 0 bridgehead atoms. The van der Waals surface area contributed by atoms with E-state index in [-0.39, 0.29) is 24.8 Å². The number of aliphatic hydroxyl groups is 1. The second-order valence-corrected chi connectivity index (χ2v) is 4.62. The van der Waals surface area contributed by atoms with Gasteiger partial charge in [0.2, 0.25) is 0 Å². The fraction of sp³-hybridized carbons (Fsp3) is 0.188.